The lowest BCUT2D eigenvalue weighted by molar-refractivity contribution is 0.0697. The molecule has 4 aromatic rings. The molecule has 2 aromatic heterocycles. The molecule has 0 unspecified atom stereocenters. The second kappa shape index (κ2) is 7.24. The average Bonchev–Trinajstić information content (AvgIpc) is 3.37. The van der Waals surface area contributed by atoms with Crippen molar-refractivity contribution in [3.8, 4) is 0 Å². The predicted octanol–water partition coefficient (Wildman–Crippen LogP) is 3.15. The summed E-state index contributed by atoms with van der Waals surface area (Å²) >= 11 is 3.43. The highest BCUT2D eigenvalue weighted by Gasteiger charge is 2.23. The molecule has 0 aliphatic carbocycles. The van der Waals surface area contributed by atoms with E-state index in [1.807, 2.05) is 16.5 Å². The minimum absolute atomic E-state index is 0.229. The fourth-order valence-electron chi connectivity index (χ4n) is 3.90. The third-order valence-corrected chi connectivity index (χ3v) is 5.89. The molecule has 9 heteroatoms. The molecule has 0 bridgehead atoms. The second-order valence-electron chi connectivity index (χ2n) is 7.37. The standard InChI is InChI=1S/C21H18BrN5O3/c22-15-7-8-17-16(11-15)18(28)23-20-26(12-13-3-5-14(6-4-13)19(29)30)24-21(27(17)20)25-9-1-2-10-25/h3-8,11H,1-2,9-10,12H2,(H,29,30). The normalized spacial score (nSPS) is 14.1. The molecule has 1 fully saturated rings. The molecule has 3 heterocycles. The van der Waals surface area contributed by atoms with E-state index in [1.54, 1.807) is 35.0 Å². The quantitative estimate of drug-likeness (QED) is 0.495. The van der Waals surface area contributed by atoms with E-state index in [0.29, 0.717) is 17.7 Å². The summed E-state index contributed by atoms with van der Waals surface area (Å²) in [5.74, 6) is 0.275. The van der Waals surface area contributed by atoms with Crippen molar-refractivity contribution in [3.63, 3.8) is 0 Å². The molecule has 0 radical (unpaired) electrons. The van der Waals surface area contributed by atoms with Crippen molar-refractivity contribution in [2.24, 2.45) is 0 Å². The van der Waals surface area contributed by atoms with Crippen LogP contribution < -0.4 is 10.5 Å². The number of carbonyl (C=O) groups is 1. The Morgan fingerprint density at radius 2 is 1.83 bits per heavy atom. The van der Waals surface area contributed by atoms with Crippen LogP contribution in [0, 0.1) is 0 Å². The van der Waals surface area contributed by atoms with Crippen LogP contribution in [-0.2, 0) is 6.54 Å². The summed E-state index contributed by atoms with van der Waals surface area (Å²) in [5, 5.41) is 14.5. The predicted molar refractivity (Wildman–Crippen MR) is 116 cm³/mol. The third-order valence-electron chi connectivity index (χ3n) is 5.39. The van der Waals surface area contributed by atoms with Gasteiger partial charge in [0.05, 0.1) is 23.0 Å². The molecule has 1 saturated heterocycles. The molecule has 1 aliphatic rings. The maximum atomic E-state index is 12.7. The number of halogens is 1. The van der Waals surface area contributed by atoms with Crippen molar-refractivity contribution in [2.45, 2.75) is 19.4 Å². The molecule has 0 atom stereocenters. The first-order valence-electron chi connectivity index (χ1n) is 9.67. The van der Waals surface area contributed by atoms with E-state index in [-0.39, 0.29) is 11.1 Å². The van der Waals surface area contributed by atoms with Gasteiger partial charge < -0.3 is 10.0 Å². The van der Waals surface area contributed by atoms with Crippen LogP contribution >= 0.6 is 15.9 Å². The number of hydrogen-bond acceptors (Lipinski definition) is 5. The lowest BCUT2D eigenvalue weighted by Crippen LogP contribution is -2.21. The van der Waals surface area contributed by atoms with Crippen LogP contribution in [0.4, 0.5) is 5.95 Å². The number of aromatic nitrogens is 4. The van der Waals surface area contributed by atoms with Crippen LogP contribution in [0.2, 0.25) is 0 Å². The molecule has 30 heavy (non-hydrogen) atoms. The van der Waals surface area contributed by atoms with Gasteiger partial charge in [-0.15, -0.1) is 5.10 Å². The van der Waals surface area contributed by atoms with Crippen molar-refractivity contribution < 1.29 is 9.90 Å². The monoisotopic (exact) mass is 467 g/mol. The van der Waals surface area contributed by atoms with Gasteiger partial charge in [0.15, 0.2) is 0 Å². The highest BCUT2D eigenvalue weighted by atomic mass is 79.9. The number of aromatic carboxylic acids is 1. The van der Waals surface area contributed by atoms with Gasteiger partial charge in [0.1, 0.15) is 0 Å². The van der Waals surface area contributed by atoms with Crippen molar-refractivity contribution in [1.29, 1.82) is 0 Å². The zero-order chi connectivity index (χ0) is 20.8. The maximum absolute atomic E-state index is 12.7. The van der Waals surface area contributed by atoms with E-state index < -0.39 is 5.97 Å². The topological polar surface area (TPSA) is 92.7 Å². The van der Waals surface area contributed by atoms with Crippen molar-refractivity contribution in [1.82, 2.24) is 19.2 Å². The Morgan fingerprint density at radius 1 is 1.10 bits per heavy atom. The van der Waals surface area contributed by atoms with Gasteiger partial charge in [-0.05, 0) is 48.7 Å². The van der Waals surface area contributed by atoms with Gasteiger partial charge in [0.25, 0.3) is 5.56 Å². The first-order valence-corrected chi connectivity index (χ1v) is 10.5. The number of rotatable bonds is 4. The highest BCUT2D eigenvalue weighted by Crippen LogP contribution is 2.25. The lowest BCUT2D eigenvalue weighted by Gasteiger charge is -2.15. The molecule has 1 aliphatic heterocycles. The summed E-state index contributed by atoms with van der Waals surface area (Å²) < 4.78 is 4.48. The molecular formula is C21H18BrN5O3. The van der Waals surface area contributed by atoms with Crippen LogP contribution in [0.25, 0.3) is 16.7 Å². The van der Waals surface area contributed by atoms with E-state index in [1.165, 1.54) is 0 Å². The van der Waals surface area contributed by atoms with Gasteiger partial charge in [-0.1, -0.05) is 28.1 Å². The Labute approximate surface area is 179 Å². The SMILES string of the molecule is O=C(O)c1ccc(Cn2nc(N3CCCC3)n3c4ccc(Br)cc4c(=O)nc23)cc1. The van der Waals surface area contributed by atoms with Crippen molar-refractivity contribution in [2.75, 3.05) is 18.0 Å². The van der Waals surface area contributed by atoms with Gasteiger partial charge in [-0.25, -0.2) is 13.9 Å². The molecule has 0 saturated carbocycles. The molecule has 152 valence electrons. The summed E-state index contributed by atoms with van der Waals surface area (Å²) in [5.41, 5.74) is 1.57. The number of carboxylic acid groups (broad SMARTS) is 1. The highest BCUT2D eigenvalue weighted by molar-refractivity contribution is 9.10. The van der Waals surface area contributed by atoms with E-state index >= 15 is 0 Å². The van der Waals surface area contributed by atoms with E-state index in [0.717, 1.165) is 47.4 Å². The molecule has 2 aromatic carbocycles. The Hall–Kier alpha value is -3.20. The van der Waals surface area contributed by atoms with E-state index in [2.05, 4.69) is 25.8 Å². The van der Waals surface area contributed by atoms with Crippen LogP contribution in [0.15, 0.2) is 51.7 Å². The first-order chi connectivity index (χ1) is 14.5. The summed E-state index contributed by atoms with van der Waals surface area (Å²) in [6.45, 7) is 2.19. The zero-order valence-corrected chi connectivity index (χ0v) is 17.5. The van der Waals surface area contributed by atoms with Crippen LogP contribution in [0.5, 0.6) is 0 Å². The maximum Gasteiger partial charge on any atom is 0.335 e. The van der Waals surface area contributed by atoms with Crippen molar-refractivity contribution >= 4 is 44.5 Å². The first kappa shape index (κ1) is 18.8. The smallest absolute Gasteiger partial charge is 0.335 e. The fraction of sp³-hybridized carbons (Fsp3) is 0.238. The molecular weight excluding hydrogens is 450 g/mol. The van der Waals surface area contributed by atoms with Crippen LogP contribution in [0.3, 0.4) is 0 Å². The minimum Gasteiger partial charge on any atom is -0.478 e. The van der Waals surface area contributed by atoms with Gasteiger partial charge in [-0.3, -0.25) is 4.79 Å². The molecule has 0 spiro atoms. The molecule has 1 N–H and O–H groups in total. The fourth-order valence-corrected chi connectivity index (χ4v) is 4.27. The number of hydrogen-bond donors (Lipinski definition) is 1. The summed E-state index contributed by atoms with van der Waals surface area (Å²) in [6.07, 6.45) is 2.20. The number of fused-ring (bicyclic) bond motifs is 3. The van der Waals surface area contributed by atoms with Gasteiger partial charge in [0, 0.05) is 17.6 Å². The molecule has 8 nitrogen and oxygen atoms in total. The number of carboxylic acids is 1. The van der Waals surface area contributed by atoms with Crippen LogP contribution in [0.1, 0.15) is 28.8 Å². The number of nitrogens with zero attached hydrogens (tertiary/aromatic N) is 5. The Bertz CT molecular complexity index is 1340. The Kier molecular flexibility index (Phi) is 4.54. The average molecular weight is 468 g/mol. The minimum atomic E-state index is -0.965. The molecule has 0 amide bonds. The largest absolute Gasteiger partial charge is 0.478 e. The Morgan fingerprint density at radius 3 is 2.53 bits per heavy atom. The number of anilines is 1. The lowest BCUT2D eigenvalue weighted by atomic mass is 10.1. The van der Waals surface area contributed by atoms with Gasteiger partial charge >= 0.3 is 5.97 Å². The number of benzene rings is 2. The van der Waals surface area contributed by atoms with Gasteiger partial charge in [-0.2, -0.15) is 4.98 Å². The van der Waals surface area contributed by atoms with E-state index in [9.17, 15) is 9.59 Å². The third kappa shape index (κ3) is 3.15. The summed E-state index contributed by atoms with van der Waals surface area (Å²) in [7, 11) is 0. The zero-order valence-electron chi connectivity index (χ0n) is 16.0. The summed E-state index contributed by atoms with van der Waals surface area (Å²) in [6, 6.07) is 12.2. The Balaban J connectivity index is 1.70. The van der Waals surface area contributed by atoms with Gasteiger partial charge in [0.2, 0.25) is 11.7 Å². The van der Waals surface area contributed by atoms with Crippen LogP contribution in [-0.4, -0.2) is 43.3 Å². The summed E-state index contributed by atoms with van der Waals surface area (Å²) in [4.78, 5) is 30.4. The second-order valence-corrected chi connectivity index (χ2v) is 8.28. The molecule has 5 rings (SSSR count). The van der Waals surface area contributed by atoms with E-state index in [4.69, 9.17) is 10.2 Å². The van der Waals surface area contributed by atoms with Crippen molar-refractivity contribution in [3.05, 3.63) is 68.4 Å².